The highest BCUT2D eigenvalue weighted by Crippen LogP contribution is 2.34. The highest BCUT2D eigenvalue weighted by Gasteiger charge is 2.27. The van der Waals surface area contributed by atoms with Crippen molar-refractivity contribution >= 4 is 50.5 Å². The van der Waals surface area contributed by atoms with Crippen molar-refractivity contribution < 1.29 is 13.9 Å². The average molecular weight is 547 g/mol. The summed E-state index contributed by atoms with van der Waals surface area (Å²) >= 11 is 1.48. The van der Waals surface area contributed by atoms with Gasteiger partial charge in [0.25, 0.3) is 0 Å². The molecule has 39 heavy (non-hydrogen) atoms. The molecule has 4 aromatic rings. The number of hydrogen-bond donors (Lipinski definition) is 2. The maximum absolute atomic E-state index is 15.2. The van der Waals surface area contributed by atoms with Crippen LogP contribution >= 0.6 is 11.3 Å². The molecule has 4 heterocycles. The number of aromatic nitrogens is 2. The number of amides is 1. The monoisotopic (exact) mass is 546 g/mol. The molecule has 2 fully saturated rings. The number of rotatable bonds is 7. The standard InChI is InChI=1S/C29H31FN6O2S/c1-19(37)31-20-5-4-6-23(17-20)38-28-27-25(11-16-39-27)33-29(34-28)32-21-7-8-26(24(30)18-21)36-14-9-22(10-15-36)35-12-2-3-13-35/h4-8,11,16-18,22H,2-3,9-10,12-15H2,1H3,(H,31,37)(H,32,33,34). The quantitative estimate of drug-likeness (QED) is 0.278. The molecule has 0 aliphatic carbocycles. The van der Waals surface area contributed by atoms with Gasteiger partial charge in [-0.05, 0) is 80.6 Å². The number of carbonyl (C=O) groups is 1. The maximum Gasteiger partial charge on any atom is 0.242 e. The van der Waals surface area contributed by atoms with Crippen LogP contribution in [0.25, 0.3) is 10.2 Å². The lowest BCUT2D eigenvalue weighted by Gasteiger charge is -2.37. The first-order chi connectivity index (χ1) is 19.0. The number of nitrogens with zero attached hydrogens (tertiary/aromatic N) is 4. The van der Waals surface area contributed by atoms with E-state index in [1.54, 1.807) is 24.3 Å². The van der Waals surface area contributed by atoms with Crippen molar-refractivity contribution in [3.05, 3.63) is 59.7 Å². The molecule has 0 spiro atoms. The van der Waals surface area contributed by atoms with E-state index in [9.17, 15) is 4.79 Å². The molecule has 8 nitrogen and oxygen atoms in total. The van der Waals surface area contributed by atoms with Crippen LogP contribution in [0, 0.1) is 5.82 Å². The number of nitrogens with one attached hydrogen (secondary N) is 2. The number of benzene rings is 2. The highest BCUT2D eigenvalue weighted by molar-refractivity contribution is 7.17. The molecule has 2 aromatic carbocycles. The van der Waals surface area contributed by atoms with Gasteiger partial charge in [-0.25, -0.2) is 9.37 Å². The first-order valence-corrected chi connectivity index (χ1v) is 14.3. The van der Waals surface area contributed by atoms with Gasteiger partial charge in [-0.2, -0.15) is 4.98 Å². The summed E-state index contributed by atoms with van der Waals surface area (Å²) in [6, 6.07) is 14.8. The fraction of sp³-hybridized carbons (Fsp3) is 0.345. The first kappa shape index (κ1) is 25.5. The predicted octanol–water partition coefficient (Wildman–Crippen LogP) is 6.39. The van der Waals surface area contributed by atoms with E-state index in [1.807, 2.05) is 23.6 Å². The van der Waals surface area contributed by atoms with Crippen LogP contribution in [-0.4, -0.2) is 53.0 Å². The summed E-state index contributed by atoms with van der Waals surface area (Å²) < 4.78 is 22.1. The number of halogens is 1. The zero-order valence-corrected chi connectivity index (χ0v) is 22.6. The second kappa shape index (κ2) is 11.2. The summed E-state index contributed by atoms with van der Waals surface area (Å²) in [5, 5.41) is 7.82. The van der Waals surface area contributed by atoms with E-state index >= 15 is 4.39 Å². The third-order valence-corrected chi connectivity index (χ3v) is 8.20. The zero-order chi connectivity index (χ0) is 26.8. The van der Waals surface area contributed by atoms with Crippen molar-refractivity contribution in [3.63, 3.8) is 0 Å². The van der Waals surface area contributed by atoms with Crippen LogP contribution in [0.1, 0.15) is 32.6 Å². The number of likely N-dealkylation sites (tertiary alicyclic amines) is 1. The minimum atomic E-state index is -0.262. The second-order valence-electron chi connectivity index (χ2n) is 10.1. The average Bonchev–Trinajstić information content (AvgIpc) is 3.62. The smallest absolute Gasteiger partial charge is 0.242 e. The number of fused-ring (bicyclic) bond motifs is 1. The number of thiophene rings is 1. The van der Waals surface area contributed by atoms with Crippen molar-refractivity contribution in [2.75, 3.05) is 41.7 Å². The number of carbonyl (C=O) groups excluding carboxylic acids is 1. The molecule has 2 aliphatic heterocycles. The molecule has 0 saturated carbocycles. The topological polar surface area (TPSA) is 82.6 Å². The second-order valence-corrected chi connectivity index (χ2v) is 11.0. The summed E-state index contributed by atoms with van der Waals surface area (Å²) in [5.74, 6) is 0.807. The number of hydrogen-bond acceptors (Lipinski definition) is 8. The molecule has 2 aliphatic rings. The van der Waals surface area contributed by atoms with Gasteiger partial charge < -0.3 is 25.2 Å². The summed E-state index contributed by atoms with van der Waals surface area (Å²) in [5.41, 5.74) is 2.56. The van der Waals surface area contributed by atoms with Gasteiger partial charge in [-0.15, -0.1) is 11.3 Å². The summed E-state index contributed by atoms with van der Waals surface area (Å²) in [7, 11) is 0. The largest absolute Gasteiger partial charge is 0.437 e. The molecule has 0 radical (unpaired) electrons. The lowest BCUT2D eigenvalue weighted by atomic mass is 10.0. The molecule has 0 unspecified atom stereocenters. The van der Waals surface area contributed by atoms with E-state index in [1.165, 1.54) is 50.3 Å². The van der Waals surface area contributed by atoms with Crippen LogP contribution in [0.5, 0.6) is 11.6 Å². The molecule has 0 atom stereocenters. The molecule has 0 bridgehead atoms. The minimum absolute atomic E-state index is 0.161. The molecule has 6 rings (SSSR count). The van der Waals surface area contributed by atoms with Crippen molar-refractivity contribution in [3.8, 4) is 11.6 Å². The van der Waals surface area contributed by atoms with Crippen LogP contribution < -0.4 is 20.3 Å². The molecule has 2 saturated heterocycles. The first-order valence-electron chi connectivity index (χ1n) is 13.4. The summed E-state index contributed by atoms with van der Waals surface area (Å²) in [4.78, 5) is 25.4. The fourth-order valence-electron chi connectivity index (χ4n) is 5.46. The molecular formula is C29H31FN6O2S. The molecule has 1 amide bonds. The Kier molecular flexibility index (Phi) is 7.30. The lowest BCUT2D eigenvalue weighted by molar-refractivity contribution is -0.114. The Morgan fingerprint density at radius 1 is 1.03 bits per heavy atom. The Morgan fingerprint density at radius 3 is 2.62 bits per heavy atom. The van der Waals surface area contributed by atoms with Gasteiger partial charge in [0.2, 0.25) is 17.7 Å². The normalized spacial score (nSPS) is 16.5. The van der Waals surface area contributed by atoms with E-state index in [-0.39, 0.29) is 11.7 Å². The number of ether oxygens (including phenoxy) is 1. The Hall–Kier alpha value is -3.76. The molecule has 10 heteroatoms. The van der Waals surface area contributed by atoms with Crippen LogP contribution in [0.2, 0.25) is 0 Å². The SMILES string of the molecule is CC(=O)Nc1cccc(Oc2nc(Nc3ccc(N4CCC(N5CCCC5)CC4)c(F)c3)nc3ccsc23)c1. The van der Waals surface area contributed by atoms with Crippen LogP contribution in [0.15, 0.2) is 53.9 Å². The van der Waals surface area contributed by atoms with Crippen LogP contribution in [-0.2, 0) is 4.79 Å². The number of anilines is 4. The molecular weight excluding hydrogens is 515 g/mol. The number of piperidine rings is 1. The van der Waals surface area contributed by atoms with Gasteiger partial charge in [0.1, 0.15) is 16.3 Å². The molecule has 202 valence electrons. The van der Waals surface area contributed by atoms with E-state index in [2.05, 4.69) is 30.4 Å². The fourth-order valence-corrected chi connectivity index (χ4v) is 6.22. The van der Waals surface area contributed by atoms with Crippen LogP contribution in [0.3, 0.4) is 0 Å². The molecule has 2 aromatic heterocycles. The van der Waals surface area contributed by atoms with Gasteiger partial charge in [0.15, 0.2) is 0 Å². The van der Waals surface area contributed by atoms with Gasteiger partial charge in [0.05, 0.1) is 11.2 Å². The minimum Gasteiger partial charge on any atom is -0.437 e. The van der Waals surface area contributed by atoms with E-state index in [0.29, 0.717) is 40.7 Å². The van der Waals surface area contributed by atoms with Crippen LogP contribution in [0.4, 0.5) is 27.4 Å². The Balaban J connectivity index is 1.17. The van der Waals surface area contributed by atoms with Crippen molar-refractivity contribution in [2.24, 2.45) is 0 Å². The van der Waals surface area contributed by atoms with Crippen molar-refractivity contribution in [2.45, 2.75) is 38.6 Å². The predicted molar refractivity (Wildman–Crippen MR) is 154 cm³/mol. The Morgan fingerprint density at radius 2 is 1.85 bits per heavy atom. The Bertz CT molecular complexity index is 1480. The molecule has 2 N–H and O–H groups in total. The van der Waals surface area contributed by atoms with Gasteiger partial charge in [-0.1, -0.05) is 6.07 Å². The lowest BCUT2D eigenvalue weighted by Crippen LogP contribution is -2.44. The van der Waals surface area contributed by atoms with E-state index in [0.717, 1.165) is 36.1 Å². The maximum atomic E-state index is 15.2. The summed E-state index contributed by atoms with van der Waals surface area (Å²) in [6.07, 6.45) is 4.74. The highest BCUT2D eigenvalue weighted by atomic mass is 32.1. The van der Waals surface area contributed by atoms with Crippen molar-refractivity contribution in [1.29, 1.82) is 0 Å². The zero-order valence-electron chi connectivity index (χ0n) is 21.8. The van der Waals surface area contributed by atoms with Crippen molar-refractivity contribution in [1.82, 2.24) is 14.9 Å². The van der Waals surface area contributed by atoms with Gasteiger partial charge >= 0.3 is 0 Å². The van der Waals surface area contributed by atoms with Gasteiger partial charge in [0, 0.05) is 43.5 Å². The van der Waals surface area contributed by atoms with Gasteiger partial charge in [-0.3, -0.25) is 4.79 Å². The van der Waals surface area contributed by atoms with E-state index < -0.39 is 0 Å². The third-order valence-electron chi connectivity index (χ3n) is 7.31. The third kappa shape index (κ3) is 5.81. The Labute approximate surface area is 230 Å². The van der Waals surface area contributed by atoms with E-state index in [4.69, 9.17) is 4.74 Å². The summed E-state index contributed by atoms with van der Waals surface area (Å²) in [6.45, 7) is 5.60.